The van der Waals surface area contributed by atoms with Crippen LogP contribution in [-0.4, -0.2) is 14.6 Å². The van der Waals surface area contributed by atoms with E-state index >= 15 is 0 Å². The maximum atomic E-state index is 11.9. The topological polar surface area (TPSA) is 58.5 Å². The van der Waals surface area contributed by atoms with Crippen molar-refractivity contribution in [3.63, 3.8) is 0 Å². The van der Waals surface area contributed by atoms with Gasteiger partial charge >= 0.3 is 0 Å². The van der Waals surface area contributed by atoms with E-state index in [9.17, 15) is 8.42 Å². The lowest BCUT2D eigenvalue weighted by atomic mass is 10.1. The molecule has 21 heavy (non-hydrogen) atoms. The number of benzene rings is 1. The maximum Gasteiger partial charge on any atom is 0.276 e. The van der Waals surface area contributed by atoms with Crippen molar-refractivity contribution in [3.8, 4) is 0 Å². The van der Waals surface area contributed by atoms with Crippen LogP contribution >= 0.6 is 0 Å². The Morgan fingerprint density at radius 2 is 1.67 bits per heavy atom. The molecule has 0 amide bonds. The predicted molar refractivity (Wildman–Crippen MR) is 88.0 cm³/mol. The number of hydrogen-bond acceptors (Lipinski definition) is 3. The fraction of sp³-hybridized carbons (Fsp3) is 0.562. The van der Waals surface area contributed by atoms with Gasteiger partial charge in [0, 0.05) is 6.21 Å². The van der Waals surface area contributed by atoms with E-state index < -0.39 is 10.0 Å². The number of nitrogens with zero attached hydrogens (tertiary/aromatic N) is 1. The Kier molecular flexibility index (Phi) is 8.05. The van der Waals surface area contributed by atoms with Crippen molar-refractivity contribution in [2.75, 3.05) is 0 Å². The largest absolute Gasteiger partial charge is 0.276 e. The molecule has 1 aromatic carbocycles. The molecule has 0 saturated carbocycles. The summed E-state index contributed by atoms with van der Waals surface area (Å²) in [5.41, 5.74) is 1.03. The molecule has 0 spiro atoms. The molecule has 0 fully saturated rings. The number of unbranched alkanes of at least 4 members (excludes halogenated alkanes) is 6. The third kappa shape index (κ3) is 7.27. The van der Waals surface area contributed by atoms with E-state index in [1.54, 1.807) is 30.5 Å². The molecule has 0 aromatic heterocycles. The first-order chi connectivity index (χ1) is 10.1. The van der Waals surface area contributed by atoms with Crippen LogP contribution in [0.4, 0.5) is 0 Å². The molecule has 5 heteroatoms. The predicted octanol–water partition coefficient (Wildman–Crippen LogP) is 4.01. The molecule has 4 nitrogen and oxygen atoms in total. The van der Waals surface area contributed by atoms with Crippen molar-refractivity contribution >= 4 is 16.2 Å². The van der Waals surface area contributed by atoms with Gasteiger partial charge < -0.3 is 0 Å². The molecular formula is C16H26N2O2S. The fourth-order valence-electron chi connectivity index (χ4n) is 1.96. The van der Waals surface area contributed by atoms with Crippen LogP contribution in [0.25, 0.3) is 0 Å². The number of sulfonamides is 1. The van der Waals surface area contributed by atoms with Gasteiger partial charge in [0.1, 0.15) is 0 Å². The maximum absolute atomic E-state index is 11.9. The van der Waals surface area contributed by atoms with Gasteiger partial charge in [0.2, 0.25) is 0 Å². The highest BCUT2D eigenvalue weighted by atomic mass is 32.2. The normalized spacial score (nSPS) is 11.9. The van der Waals surface area contributed by atoms with Crippen molar-refractivity contribution < 1.29 is 8.42 Å². The minimum Gasteiger partial charge on any atom is -0.200 e. The number of aryl methyl sites for hydroxylation is 1. The summed E-state index contributed by atoms with van der Waals surface area (Å²) in [5, 5.41) is 3.81. The van der Waals surface area contributed by atoms with Gasteiger partial charge in [0.15, 0.2) is 0 Å². The van der Waals surface area contributed by atoms with E-state index in [1.807, 2.05) is 6.92 Å². The monoisotopic (exact) mass is 310 g/mol. The average Bonchev–Trinajstić information content (AvgIpc) is 2.46. The second kappa shape index (κ2) is 9.55. The van der Waals surface area contributed by atoms with Crippen LogP contribution in [0, 0.1) is 6.92 Å². The van der Waals surface area contributed by atoms with Crippen LogP contribution in [0.3, 0.4) is 0 Å². The highest BCUT2D eigenvalue weighted by Gasteiger charge is 2.11. The summed E-state index contributed by atoms with van der Waals surface area (Å²) in [5.74, 6) is 0. The standard InChI is InChI=1S/C16H26N2O2S/c1-3-4-5-6-7-8-9-14-17-18-21(19,20)16-12-10-15(2)11-13-16/h10-14,18H,3-9H2,1-2H3. The summed E-state index contributed by atoms with van der Waals surface area (Å²) in [4.78, 5) is 2.49. The molecule has 0 aliphatic heterocycles. The summed E-state index contributed by atoms with van der Waals surface area (Å²) in [7, 11) is -3.53. The van der Waals surface area contributed by atoms with Gasteiger partial charge in [0.25, 0.3) is 10.0 Å². The van der Waals surface area contributed by atoms with Crippen LogP contribution in [0.1, 0.15) is 57.4 Å². The van der Waals surface area contributed by atoms with Gasteiger partial charge in [0.05, 0.1) is 4.90 Å². The average molecular weight is 310 g/mol. The molecule has 0 aliphatic carbocycles. The Bertz CT molecular complexity index is 522. The zero-order valence-corrected chi connectivity index (χ0v) is 13.8. The van der Waals surface area contributed by atoms with E-state index in [1.165, 1.54) is 32.1 Å². The van der Waals surface area contributed by atoms with E-state index in [-0.39, 0.29) is 4.90 Å². The lowest BCUT2D eigenvalue weighted by Crippen LogP contribution is -2.18. The molecule has 0 saturated heterocycles. The second-order valence-corrected chi connectivity index (χ2v) is 6.94. The van der Waals surface area contributed by atoms with Crippen molar-refractivity contribution in [1.82, 2.24) is 4.83 Å². The molecule has 1 N–H and O–H groups in total. The minimum atomic E-state index is -3.53. The minimum absolute atomic E-state index is 0.241. The molecule has 0 aliphatic rings. The molecule has 0 atom stereocenters. The molecule has 0 bridgehead atoms. The van der Waals surface area contributed by atoms with Gasteiger partial charge in [-0.05, 0) is 31.9 Å². The molecule has 0 unspecified atom stereocenters. The third-order valence-corrected chi connectivity index (χ3v) is 4.52. The number of rotatable bonds is 10. The zero-order chi connectivity index (χ0) is 15.6. The van der Waals surface area contributed by atoms with Crippen molar-refractivity contribution in [2.24, 2.45) is 5.10 Å². The van der Waals surface area contributed by atoms with Crippen LogP contribution in [-0.2, 0) is 10.0 Å². The molecule has 0 radical (unpaired) electrons. The Balaban J connectivity index is 2.27. The summed E-state index contributed by atoms with van der Waals surface area (Å²) in [6.07, 6.45) is 9.77. The molecular weight excluding hydrogens is 284 g/mol. The first-order valence-electron chi connectivity index (χ1n) is 7.66. The first kappa shape index (κ1) is 17.7. The van der Waals surface area contributed by atoms with Crippen LogP contribution < -0.4 is 4.83 Å². The molecule has 1 rings (SSSR count). The van der Waals surface area contributed by atoms with E-state index in [2.05, 4.69) is 16.9 Å². The molecule has 118 valence electrons. The summed E-state index contributed by atoms with van der Waals surface area (Å²) in [6, 6.07) is 6.71. The quantitative estimate of drug-likeness (QED) is 0.403. The van der Waals surface area contributed by atoms with Gasteiger partial charge in [-0.1, -0.05) is 56.7 Å². The Morgan fingerprint density at radius 3 is 2.33 bits per heavy atom. The van der Waals surface area contributed by atoms with Gasteiger partial charge in [-0.3, -0.25) is 0 Å². The van der Waals surface area contributed by atoms with Crippen LogP contribution in [0.15, 0.2) is 34.3 Å². The fourth-order valence-corrected chi connectivity index (χ4v) is 2.77. The lowest BCUT2D eigenvalue weighted by Gasteiger charge is -2.03. The smallest absolute Gasteiger partial charge is 0.200 e. The summed E-state index contributed by atoms with van der Waals surface area (Å²) < 4.78 is 23.9. The van der Waals surface area contributed by atoms with Crippen LogP contribution in [0.5, 0.6) is 0 Å². The van der Waals surface area contributed by atoms with Crippen molar-refractivity contribution in [1.29, 1.82) is 0 Å². The van der Waals surface area contributed by atoms with Crippen molar-refractivity contribution in [3.05, 3.63) is 29.8 Å². The molecule has 0 heterocycles. The number of hydrogen-bond donors (Lipinski definition) is 1. The summed E-state index contributed by atoms with van der Waals surface area (Å²) in [6.45, 7) is 4.12. The number of hydrazone groups is 1. The first-order valence-corrected chi connectivity index (χ1v) is 9.14. The Hall–Kier alpha value is -1.36. The SMILES string of the molecule is CCCCCCCCC=NNS(=O)(=O)c1ccc(C)cc1. The van der Waals surface area contributed by atoms with Crippen LogP contribution in [0.2, 0.25) is 0 Å². The Labute approximate surface area is 128 Å². The van der Waals surface area contributed by atoms with Gasteiger partial charge in [-0.15, -0.1) is 0 Å². The highest BCUT2D eigenvalue weighted by molar-refractivity contribution is 7.89. The second-order valence-electron chi connectivity index (χ2n) is 5.28. The third-order valence-electron chi connectivity index (χ3n) is 3.28. The van der Waals surface area contributed by atoms with Gasteiger partial charge in [-0.2, -0.15) is 13.5 Å². The van der Waals surface area contributed by atoms with E-state index in [0.717, 1.165) is 18.4 Å². The number of nitrogens with one attached hydrogen (secondary N) is 1. The Morgan fingerprint density at radius 1 is 1.05 bits per heavy atom. The molecule has 1 aromatic rings. The lowest BCUT2D eigenvalue weighted by molar-refractivity contribution is 0.584. The van der Waals surface area contributed by atoms with E-state index in [0.29, 0.717) is 0 Å². The van der Waals surface area contributed by atoms with Gasteiger partial charge in [-0.25, -0.2) is 4.83 Å². The summed E-state index contributed by atoms with van der Waals surface area (Å²) >= 11 is 0. The van der Waals surface area contributed by atoms with Crippen molar-refractivity contribution in [2.45, 2.75) is 63.7 Å². The highest BCUT2D eigenvalue weighted by Crippen LogP contribution is 2.09. The zero-order valence-electron chi connectivity index (χ0n) is 13.0. The van der Waals surface area contributed by atoms with E-state index in [4.69, 9.17) is 0 Å².